The first kappa shape index (κ1) is 7.43. The van der Waals surface area contributed by atoms with E-state index in [9.17, 15) is 4.39 Å². The molecule has 0 saturated carbocycles. The van der Waals surface area contributed by atoms with Gasteiger partial charge in [-0.05, 0) is 12.1 Å². The SMILES string of the molecule is Fc1cc2ncccc2nc1Cl. The van der Waals surface area contributed by atoms with Crippen molar-refractivity contribution in [3.63, 3.8) is 0 Å². The van der Waals surface area contributed by atoms with Crippen LogP contribution in [0.3, 0.4) is 0 Å². The quantitative estimate of drug-likeness (QED) is 0.585. The molecule has 0 radical (unpaired) electrons. The average Bonchev–Trinajstić information content (AvgIpc) is 2.07. The molecule has 2 nitrogen and oxygen atoms in total. The summed E-state index contributed by atoms with van der Waals surface area (Å²) in [6.45, 7) is 0. The first-order valence-electron chi connectivity index (χ1n) is 3.34. The first-order valence-corrected chi connectivity index (χ1v) is 3.72. The van der Waals surface area contributed by atoms with E-state index >= 15 is 0 Å². The Morgan fingerprint density at radius 3 is 3.00 bits per heavy atom. The lowest BCUT2D eigenvalue weighted by Crippen LogP contribution is -1.86. The van der Waals surface area contributed by atoms with Crippen molar-refractivity contribution < 1.29 is 4.39 Å². The molecule has 0 unspecified atom stereocenters. The van der Waals surface area contributed by atoms with Gasteiger partial charge in [-0.3, -0.25) is 4.98 Å². The highest BCUT2D eigenvalue weighted by Gasteiger charge is 2.03. The van der Waals surface area contributed by atoms with Crippen LogP contribution in [0.1, 0.15) is 0 Å². The second kappa shape index (κ2) is 2.68. The van der Waals surface area contributed by atoms with E-state index in [0.717, 1.165) is 0 Å². The summed E-state index contributed by atoms with van der Waals surface area (Å²) in [7, 11) is 0. The van der Waals surface area contributed by atoms with Gasteiger partial charge in [0.1, 0.15) is 0 Å². The van der Waals surface area contributed by atoms with E-state index in [1.807, 2.05) is 0 Å². The van der Waals surface area contributed by atoms with E-state index in [2.05, 4.69) is 9.97 Å². The number of hydrogen-bond acceptors (Lipinski definition) is 2. The third-order valence-corrected chi connectivity index (χ3v) is 1.76. The second-order valence-corrected chi connectivity index (χ2v) is 2.66. The predicted octanol–water partition coefficient (Wildman–Crippen LogP) is 2.42. The average molecular weight is 183 g/mol. The van der Waals surface area contributed by atoms with Crippen LogP contribution in [0.25, 0.3) is 11.0 Å². The van der Waals surface area contributed by atoms with E-state index < -0.39 is 5.82 Å². The zero-order valence-corrected chi connectivity index (χ0v) is 6.72. The van der Waals surface area contributed by atoms with Crippen LogP contribution in [-0.2, 0) is 0 Å². The molecule has 0 bridgehead atoms. The molecule has 4 heteroatoms. The summed E-state index contributed by atoms with van der Waals surface area (Å²) in [5, 5.41) is -0.115. The lowest BCUT2D eigenvalue weighted by molar-refractivity contribution is 0.624. The van der Waals surface area contributed by atoms with Crippen LogP contribution >= 0.6 is 11.6 Å². The largest absolute Gasteiger partial charge is 0.255 e. The standard InChI is InChI=1S/C8H4ClFN2/c9-8-5(10)4-7-6(12-8)2-1-3-11-7/h1-4H. The third kappa shape index (κ3) is 1.12. The molecule has 0 aliphatic rings. The smallest absolute Gasteiger partial charge is 0.165 e. The van der Waals surface area contributed by atoms with Crippen molar-refractivity contribution in [2.45, 2.75) is 0 Å². The number of aromatic nitrogens is 2. The Labute approximate surface area is 73.0 Å². The number of rotatable bonds is 0. The molecule has 2 aromatic rings. The summed E-state index contributed by atoms with van der Waals surface area (Å²) in [5.74, 6) is -0.539. The van der Waals surface area contributed by atoms with Gasteiger partial charge >= 0.3 is 0 Å². The number of hydrogen-bond donors (Lipinski definition) is 0. The molecule has 0 aliphatic heterocycles. The molecule has 0 saturated heterocycles. The molecule has 0 fully saturated rings. The van der Waals surface area contributed by atoms with Gasteiger partial charge < -0.3 is 0 Å². The number of pyridine rings is 2. The van der Waals surface area contributed by atoms with Crippen molar-refractivity contribution in [2.75, 3.05) is 0 Å². The van der Waals surface area contributed by atoms with Gasteiger partial charge in [-0.2, -0.15) is 0 Å². The monoisotopic (exact) mass is 182 g/mol. The molecule has 12 heavy (non-hydrogen) atoms. The van der Waals surface area contributed by atoms with Gasteiger partial charge in [-0.15, -0.1) is 0 Å². The van der Waals surface area contributed by atoms with E-state index in [-0.39, 0.29) is 5.15 Å². The van der Waals surface area contributed by atoms with Crippen LogP contribution in [0.4, 0.5) is 4.39 Å². The Kier molecular flexibility index (Phi) is 1.66. The van der Waals surface area contributed by atoms with Crippen LogP contribution in [0.2, 0.25) is 5.15 Å². The topological polar surface area (TPSA) is 25.8 Å². The summed E-state index contributed by atoms with van der Waals surface area (Å²) in [4.78, 5) is 7.73. The summed E-state index contributed by atoms with van der Waals surface area (Å²) in [6, 6.07) is 4.72. The van der Waals surface area contributed by atoms with Gasteiger partial charge in [0, 0.05) is 12.3 Å². The maximum atomic E-state index is 12.8. The van der Waals surface area contributed by atoms with Crippen molar-refractivity contribution in [2.24, 2.45) is 0 Å². The Morgan fingerprint density at radius 2 is 2.17 bits per heavy atom. The molecule has 0 N–H and O–H groups in total. The summed E-state index contributed by atoms with van der Waals surface area (Å²) >= 11 is 5.47. The number of nitrogens with zero attached hydrogens (tertiary/aromatic N) is 2. The van der Waals surface area contributed by atoms with Crippen LogP contribution in [0.15, 0.2) is 24.4 Å². The molecule has 0 atom stereocenters. The van der Waals surface area contributed by atoms with Gasteiger partial charge in [0.15, 0.2) is 11.0 Å². The van der Waals surface area contributed by atoms with Crippen LogP contribution < -0.4 is 0 Å². The van der Waals surface area contributed by atoms with Crippen LogP contribution in [-0.4, -0.2) is 9.97 Å². The van der Waals surface area contributed by atoms with Gasteiger partial charge in [0.2, 0.25) is 0 Å². The van der Waals surface area contributed by atoms with Gasteiger partial charge in [-0.25, -0.2) is 9.37 Å². The molecule has 2 aromatic heterocycles. The van der Waals surface area contributed by atoms with Gasteiger partial charge in [0.05, 0.1) is 11.0 Å². The minimum absolute atomic E-state index is 0.115. The maximum absolute atomic E-state index is 12.8. The van der Waals surface area contributed by atoms with E-state index in [1.54, 1.807) is 18.3 Å². The van der Waals surface area contributed by atoms with Crippen molar-refractivity contribution in [3.05, 3.63) is 35.4 Å². The first-order chi connectivity index (χ1) is 5.77. The lowest BCUT2D eigenvalue weighted by Gasteiger charge is -1.96. The third-order valence-electron chi connectivity index (χ3n) is 1.50. The zero-order valence-electron chi connectivity index (χ0n) is 5.96. The minimum Gasteiger partial charge on any atom is -0.255 e. The van der Waals surface area contributed by atoms with E-state index in [0.29, 0.717) is 11.0 Å². The van der Waals surface area contributed by atoms with E-state index in [1.165, 1.54) is 6.07 Å². The molecule has 0 spiro atoms. The Hall–Kier alpha value is -1.22. The highest BCUT2D eigenvalue weighted by molar-refractivity contribution is 6.29. The molecule has 0 amide bonds. The maximum Gasteiger partial charge on any atom is 0.165 e. The Bertz CT molecular complexity index is 390. The van der Waals surface area contributed by atoms with Gasteiger partial charge in [0.25, 0.3) is 0 Å². The molecule has 0 aliphatic carbocycles. The molecular weight excluding hydrogens is 179 g/mol. The fraction of sp³-hybridized carbons (Fsp3) is 0. The molecule has 2 heterocycles. The summed E-state index contributed by atoms with van der Waals surface area (Å²) in [6.07, 6.45) is 1.58. The molecule has 2 rings (SSSR count). The summed E-state index contributed by atoms with van der Waals surface area (Å²) in [5.41, 5.74) is 1.11. The fourth-order valence-electron chi connectivity index (χ4n) is 0.954. The highest BCUT2D eigenvalue weighted by Crippen LogP contribution is 2.16. The Balaban J connectivity index is 2.84. The van der Waals surface area contributed by atoms with Crippen molar-refractivity contribution in [1.82, 2.24) is 9.97 Å². The normalized spacial score (nSPS) is 10.5. The summed E-state index contributed by atoms with van der Waals surface area (Å²) < 4.78 is 12.8. The second-order valence-electron chi connectivity index (χ2n) is 2.30. The van der Waals surface area contributed by atoms with Gasteiger partial charge in [-0.1, -0.05) is 11.6 Å². The molecule has 60 valence electrons. The van der Waals surface area contributed by atoms with Crippen molar-refractivity contribution >= 4 is 22.6 Å². The van der Waals surface area contributed by atoms with Crippen molar-refractivity contribution in [1.29, 1.82) is 0 Å². The fourth-order valence-corrected chi connectivity index (χ4v) is 1.10. The minimum atomic E-state index is -0.539. The Morgan fingerprint density at radius 1 is 1.33 bits per heavy atom. The predicted molar refractivity (Wildman–Crippen MR) is 44.5 cm³/mol. The van der Waals surface area contributed by atoms with Crippen LogP contribution in [0, 0.1) is 5.82 Å². The number of fused-ring (bicyclic) bond motifs is 1. The molecule has 0 aromatic carbocycles. The number of halogens is 2. The van der Waals surface area contributed by atoms with Crippen LogP contribution in [0.5, 0.6) is 0 Å². The van der Waals surface area contributed by atoms with E-state index in [4.69, 9.17) is 11.6 Å². The molecular formula is C8H4ClFN2. The van der Waals surface area contributed by atoms with Crippen molar-refractivity contribution in [3.8, 4) is 0 Å². The highest BCUT2D eigenvalue weighted by atomic mass is 35.5. The lowest BCUT2D eigenvalue weighted by atomic mass is 10.3. The zero-order chi connectivity index (χ0) is 8.55.